The Morgan fingerprint density at radius 2 is 0.940 bits per heavy atom. The van der Waals surface area contributed by atoms with Gasteiger partial charge in [0, 0.05) is 46.8 Å². The first-order valence-electron chi connectivity index (χ1n) is 29.3. The Morgan fingerprint density at radius 3 is 1.23 bits per heavy atom. The van der Waals surface area contributed by atoms with Crippen LogP contribution in [0, 0.1) is 60.3 Å². The maximum absolute atomic E-state index is 10.0. The Balaban J connectivity index is 0.000000356. The molecule has 1 radical (unpaired) electrons. The molecule has 2 heterocycles. The van der Waals surface area contributed by atoms with Gasteiger partial charge < -0.3 is 24.7 Å². The molecule has 16 heteroatoms. The fourth-order valence-electron chi connectivity index (χ4n) is 10.5. The molecule has 2 aliphatic heterocycles. The first-order valence-corrected chi connectivity index (χ1v) is 35.8. The van der Waals surface area contributed by atoms with Gasteiger partial charge in [-0.1, -0.05) is 79.1 Å². The topological polar surface area (TPSA) is 112 Å². The Labute approximate surface area is 541 Å². The normalized spacial score (nSPS) is 16.9. The molecule has 4 aromatic rings. The first kappa shape index (κ1) is 76.8. The van der Waals surface area contributed by atoms with Gasteiger partial charge in [-0.25, -0.2) is 0 Å². The van der Waals surface area contributed by atoms with Crippen LogP contribution in [0.1, 0.15) is 192 Å². The summed E-state index contributed by atoms with van der Waals surface area (Å²) >= 11 is 0.723. The van der Waals surface area contributed by atoms with E-state index in [1.807, 2.05) is 85.4 Å². The van der Waals surface area contributed by atoms with Crippen LogP contribution >= 0.6 is 19.4 Å². The van der Waals surface area contributed by atoms with Crippen molar-refractivity contribution in [2.45, 2.75) is 218 Å². The molecule has 4 aromatic carbocycles. The van der Waals surface area contributed by atoms with Gasteiger partial charge in [0.15, 0.2) is 0 Å². The minimum absolute atomic E-state index is 0. The van der Waals surface area contributed by atoms with E-state index in [4.69, 9.17) is 44.4 Å². The van der Waals surface area contributed by atoms with Crippen molar-refractivity contribution >= 4 is 45.9 Å². The zero-order chi connectivity index (χ0) is 61.8. The number of anilines is 2. The number of hydrogen-bond acceptors (Lipinski definition) is 10. The Hall–Kier alpha value is -2.34. The predicted molar refractivity (Wildman–Crippen MR) is 340 cm³/mol. The molecule has 4 aliphatic rings. The van der Waals surface area contributed by atoms with Gasteiger partial charge in [-0.3, -0.25) is 15.2 Å². The second-order valence-electron chi connectivity index (χ2n) is 25.4. The molecule has 0 amide bonds. The number of benzene rings is 4. The molecule has 2 aliphatic carbocycles. The summed E-state index contributed by atoms with van der Waals surface area (Å²) in [5.74, 6) is 1.04. The summed E-state index contributed by atoms with van der Waals surface area (Å²) in [5, 5.41) is 25.0. The summed E-state index contributed by atoms with van der Waals surface area (Å²) in [6, 6.07) is 25.0. The molecular formula is C67H103AgCl2N5O6Ru2-. The number of carboxylic acid groups (broad SMARTS) is 1. The van der Waals surface area contributed by atoms with Gasteiger partial charge in [0.2, 0.25) is 0 Å². The van der Waals surface area contributed by atoms with Gasteiger partial charge in [-0.2, -0.15) is 13.3 Å². The van der Waals surface area contributed by atoms with Gasteiger partial charge >= 0.3 is 186 Å². The molecule has 0 aromatic heterocycles. The summed E-state index contributed by atoms with van der Waals surface area (Å²) < 4.78 is 15.1. The molecule has 0 atom stereocenters. The van der Waals surface area contributed by atoms with Gasteiger partial charge in [0.05, 0.1) is 11.0 Å². The number of nitrogens with zero attached hydrogens (tertiary/aromatic N) is 5. The van der Waals surface area contributed by atoms with Crippen LogP contribution in [0.4, 0.5) is 11.4 Å². The predicted octanol–water partition coefficient (Wildman–Crippen LogP) is 16.9. The maximum Gasteiger partial charge on any atom is 0.0141 e. The average Bonchev–Trinajstić information content (AvgIpc) is 4.29. The molecule has 4 fully saturated rings. The number of halogens is 2. The molecule has 3 N–H and O–H groups in total. The summed E-state index contributed by atoms with van der Waals surface area (Å²) in [7, 11) is 11.6. The number of ether oxygens (including phenoxy) is 2. The van der Waals surface area contributed by atoms with Crippen molar-refractivity contribution in [2.24, 2.45) is 5.41 Å². The van der Waals surface area contributed by atoms with Crippen LogP contribution in [0.2, 0.25) is 0 Å². The standard InChI is InChI=1S/2C19H29N2.2C10H12O.C5H10O2.C4H11NO2.Ag.2ClH.2Ru/c2*1-15-12-16(2)18(17(3)13-15)20-10-11-21(14-20)19(4)8-6-5-7-9-19;2*1-8(2)11-10-7-5-4-6-9(10)3;1-5(2,3)4(6)7;1-4(2,3)5(6)7;;;;;/h2*12-14H,5-11H2,1-4H3;2*3-8H,1-2H3;1-3H3,(H,6,7);6-7H,1-3H3;;2*1H;;/q2*-1;;;;;;;;+1;+2/p-2. The molecule has 83 heavy (non-hydrogen) atoms. The van der Waals surface area contributed by atoms with Crippen LogP contribution in [-0.4, -0.2) is 101 Å². The summed E-state index contributed by atoms with van der Waals surface area (Å²) in [4.78, 5) is 20.2. The number of rotatable bonds is 10. The number of carbonyl (C=O) groups is 1. The van der Waals surface area contributed by atoms with Crippen molar-refractivity contribution in [1.82, 2.24) is 15.0 Å². The number of para-hydroxylation sites is 2. The zero-order valence-corrected chi connectivity index (χ0v) is 59.8. The van der Waals surface area contributed by atoms with Crippen molar-refractivity contribution < 1.29 is 83.5 Å². The molecular weight excluding hydrogens is 1350 g/mol. The van der Waals surface area contributed by atoms with E-state index >= 15 is 0 Å². The van der Waals surface area contributed by atoms with E-state index in [1.54, 1.807) is 41.5 Å². The van der Waals surface area contributed by atoms with Crippen LogP contribution < -0.4 is 19.3 Å². The Morgan fingerprint density at radius 1 is 0.627 bits per heavy atom. The third-order valence-electron chi connectivity index (χ3n) is 14.9. The molecule has 0 spiro atoms. The van der Waals surface area contributed by atoms with Gasteiger partial charge in [0.1, 0.15) is 0 Å². The maximum atomic E-state index is 10.0. The van der Waals surface area contributed by atoms with E-state index in [9.17, 15) is 4.79 Å². The number of aryl methyl sites for hydroxylation is 6. The van der Waals surface area contributed by atoms with E-state index in [2.05, 4.69) is 130 Å². The summed E-state index contributed by atoms with van der Waals surface area (Å²) in [6.07, 6.45) is 14.2. The van der Waals surface area contributed by atoms with Gasteiger partial charge in [0.25, 0.3) is 0 Å². The van der Waals surface area contributed by atoms with E-state index in [-0.39, 0.29) is 39.8 Å². The van der Waals surface area contributed by atoms with E-state index in [0.29, 0.717) is 11.1 Å². The van der Waals surface area contributed by atoms with Crippen molar-refractivity contribution in [3.05, 3.63) is 131 Å². The monoisotopic (exact) mass is 1450 g/mol. The average molecular weight is 1460 g/mol. The largest absolute Gasteiger partial charge is 0.507 e. The quantitative estimate of drug-likeness (QED) is 0.0802. The fourth-order valence-corrected chi connectivity index (χ4v) is 12.8. The number of hydrogen-bond donors (Lipinski definition) is 3. The minimum Gasteiger partial charge on any atom is -0.507 e. The number of carboxylic acids is 1. The molecule has 474 valence electrons. The van der Waals surface area contributed by atoms with Gasteiger partial charge in [-0.05, 0) is 169 Å². The Kier molecular flexibility index (Phi) is 33.5. The molecule has 2 saturated carbocycles. The fraction of sp³-hybridized carbons (Fsp3) is 0.567. The minimum atomic E-state index is -1.77. The van der Waals surface area contributed by atoms with Crippen molar-refractivity contribution in [3.8, 4) is 11.5 Å². The van der Waals surface area contributed by atoms with Crippen LogP contribution in [0.3, 0.4) is 0 Å². The summed E-state index contributed by atoms with van der Waals surface area (Å²) in [6.45, 7) is 45.8. The van der Waals surface area contributed by atoms with Crippen LogP contribution in [-0.2, 0) is 58.5 Å². The molecule has 0 bridgehead atoms. The van der Waals surface area contributed by atoms with E-state index in [1.165, 1.54) is 122 Å². The second kappa shape index (κ2) is 36.2. The van der Waals surface area contributed by atoms with Gasteiger partial charge in [-0.15, -0.1) is 0 Å². The molecule has 8 rings (SSSR count). The SMILES string of the molecule is CC(C)(C)C(=O)O.CC(C)(C)N(O)O.CC(C)Oc1ccccc1[CH]=[Ru+].CC(C)Oc1ccccc1[CH]=[Ru]([Cl])[Cl].Cc1cc(C)c(N2[CH-]N(C3(C)CCCCC3)CC2)c(C)c1.Cc1cc(C)c(N2[CH-]N(C3(C)CCCCC3)CC2)c(C)c1.[Ag]. The third kappa shape index (κ3) is 26.1. The number of hydroxylamine groups is 2. The zero-order valence-electron chi connectivity index (χ0n) is 53.4. The molecule has 2 saturated heterocycles. The van der Waals surface area contributed by atoms with Crippen molar-refractivity contribution in [1.29, 1.82) is 0 Å². The summed E-state index contributed by atoms with van der Waals surface area (Å²) in [5.41, 5.74) is 12.9. The van der Waals surface area contributed by atoms with Crippen molar-refractivity contribution in [2.75, 3.05) is 36.0 Å². The third-order valence-corrected chi connectivity index (χ3v) is 17.3. The Bertz CT molecular complexity index is 2500. The molecule has 11 nitrogen and oxygen atoms in total. The van der Waals surface area contributed by atoms with E-state index in [0.717, 1.165) is 35.7 Å². The second-order valence-corrected chi connectivity index (χ2v) is 31.7. The number of aliphatic carboxylic acids is 1. The first-order chi connectivity index (χ1) is 38.2. The van der Waals surface area contributed by atoms with Crippen molar-refractivity contribution in [3.63, 3.8) is 0 Å². The smallest absolute Gasteiger partial charge is 0.0141 e. The van der Waals surface area contributed by atoms with Crippen LogP contribution in [0.25, 0.3) is 0 Å². The van der Waals surface area contributed by atoms with Crippen LogP contribution in [0.15, 0.2) is 72.8 Å². The van der Waals surface area contributed by atoms with E-state index < -0.39 is 30.4 Å². The van der Waals surface area contributed by atoms with Crippen LogP contribution in [0.5, 0.6) is 11.5 Å². The molecule has 0 unspecified atom stereocenters.